The van der Waals surface area contributed by atoms with Gasteiger partial charge in [-0.3, -0.25) is 4.79 Å². The highest BCUT2D eigenvalue weighted by Crippen LogP contribution is 2.31. The lowest BCUT2D eigenvalue weighted by atomic mass is 10.1. The van der Waals surface area contributed by atoms with E-state index in [-0.39, 0.29) is 5.91 Å². The summed E-state index contributed by atoms with van der Waals surface area (Å²) in [7, 11) is 2.05. The summed E-state index contributed by atoms with van der Waals surface area (Å²) in [5.41, 5.74) is 3.76. The molecular weight excluding hydrogens is 333 g/mol. The Balaban J connectivity index is 1.82. The summed E-state index contributed by atoms with van der Waals surface area (Å²) < 4.78 is 11.5. The third kappa shape index (κ3) is 4.83. The Hall–Kier alpha value is -2.32. The predicted octanol–water partition coefficient (Wildman–Crippen LogP) is 4.29. The maximum absolute atomic E-state index is 11.2. The lowest BCUT2D eigenvalue weighted by Crippen LogP contribution is -2.21. The minimum Gasteiger partial charge on any atom is -0.497 e. The largest absolute Gasteiger partial charge is 0.497 e. The normalized spacial score (nSPS) is 17.4. The summed E-state index contributed by atoms with van der Waals surface area (Å²) >= 11 is 0. The van der Waals surface area contributed by atoms with E-state index >= 15 is 0 Å². The third-order valence-corrected chi connectivity index (χ3v) is 5.08. The molecule has 1 N–H and O–H groups in total. The standard InChI is InChI=1S/C20H22NO3P/c1-13-6-14(2)8-17(7-13)24-18-10-15(9-16(12-18)23-3)11-19-4-5-20(22)21-25-19/h4-10,12,19,25H,11H2,1-3H3,(H,21,22). The maximum atomic E-state index is 11.2. The molecule has 1 heterocycles. The van der Waals surface area contributed by atoms with Crippen LogP contribution < -0.4 is 14.6 Å². The molecule has 25 heavy (non-hydrogen) atoms. The van der Waals surface area contributed by atoms with Crippen molar-refractivity contribution in [3.05, 3.63) is 65.2 Å². The van der Waals surface area contributed by atoms with Crippen LogP contribution in [0, 0.1) is 13.8 Å². The molecule has 130 valence electrons. The van der Waals surface area contributed by atoms with Gasteiger partial charge in [0.25, 0.3) is 0 Å². The van der Waals surface area contributed by atoms with Crippen LogP contribution >= 0.6 is 8.73 Å². The van der Waals surface area contributed by atoms with Crippen molar-refractivity contribution < 1.29 is 14.3 Å². The van der Waals surface area contributed by atoms with E-state index in [0.29, 0.717) is 14.4 Å². The average molecular weight is 355 g/mol. The highest BCUT2D eigenvalue weighted by Gasteiger charge is 2.14. The van der Waals surface area contributed by atoms with Gasteiger partial charge in [0.05, 0.1) is 7.11 Å². The van der Waals surface area contributed by atoms with Crippen LogP contribution in [-0.4, -0.2) is 18.7 Å². The molecule has 0 saturated carbocycles. The van der Waals surface area contributed by atoms with Gasteiger partial charge in [-0.25, -0.2) is 0 Å². The average Bonchev–Trinajstić information content (AvgIpc) is 2.56. The highest BCUT2D eigenvalue weighted by atomic mass is 31.1. The number of nitrogens with one attached hydrogen (secondary N) is 1. The molecule has 2 unspecified atom stereocenters. The number of allylic oxidation sites excluding steroid dienone is 1. The Morgan fingerprint density at radius 1 is 1.00 bits per heavy atom. The fourth-order valence-corrected chi connectivity index (χ4v) is 3.82. The van der Waals surface area contributed by atoms with Crippen molar-refractivity contribution >= 4 is 14.6 Å². The summed E-state index contributed by atoms with van der Waals surface area (Å²) in [5.74, 6) is 2.33. The number of carbonyl (C=O) groups excluding carboxylic acids is 1. The molecule has 1 aliphatic heterocycles. The first-order valence-electron chi connectivity index (χ1n) is 8.19. The minimum absolute atomic E-state index is 0.0148. The van der Waals surface area contributed by atoms with Gasteiger partial charge in [-0.2, -0.15) is 0 Å². The van der Waals surface area contributed by atoms with Crippen molar-refractivity contribution in [2.24, 2.45) is 0 Å². The molecule has 4 nitrogen and oxygen atoms in total. The van der Waals surface area contributed by atoms with Crippen LogP contribution in [0.1, 0.15) is 16.7 Å². The summed E-state index contributed by atoms with van der Waals surface area (Å²) in [6.45, 7) is 4.11. The molecule has 0 radical (unpaired) electrons. The van der Waals surface area contributed by atoms with Crippen molar-refractivity contribution in [2.45, 2.75) is 25.9 Å². The second-order valence-electron chi connectivity index (χ2n) is 6.25. The van der Waals surface area contributed by atoms with Gasteiger partial charge in [0.15, 0.2) is 0 Å². The first kappa shape index (κ1) is 17.5. The zero-order chi connectivity index (χ0) is 17.8. The number of methoxy groups -OCH3 is 1. The van der Waals surface area contributed by atoms with Crippen molar-refractivity contribution in [3.8, 4) is 17.2 Å². The number of benzene rings is 2. The van der Waals surface area contributed by atoms with Crippen LogP contribution in [0.4, 0.5) is 0 Å². The van der Waals surface area contributed by atoms with Crippen LogP contribution in [0.15, 0.2) is 48.6 Å². The van der Waals surface area contributed by atoms with Gasteiger partial charge in [-0.15, -0.1) is 0 Å². The van der Waals surface area contributed by atoms with E-state index in [2.05, 4.69) is 25.0 Å². The molecule has 0 saturated heterocycles. The predicted molar refractivity (Wildman–Crippen MR) is 102 cm³/mol. The van der Waals surface area contributed by atoms with Gasteiger partial charge in [0.1, 0.15) is 17.2 Å². The van der Waals surface area contributed by atoms with Crippen molar-refractivity contribution in [2.75, 3.05) is 7.11 Å². The second-order valence-corrected chi connectivity index (χ2v) is 7.53. The number of hydrogen-bond donors (Lipinski definition) is 1. The number of hydrogen-bond acceptors (Lipinski definition) is 3. The topological polar surface area (TPSA) is 47.6 Å². The molecule has 0 fully saturated rings. The first-order valence-corrected chi connectivity index (χ1v) is 9.27. The number of carbonyl (C=O) groups is 1. The smallest absolute Gasteiger partial charge is 0.246 e. The van der Waals surface area contributed by atoms with Gasteiger partial charge >= 0.3 is 0 Å². The van der Waals surface area contributed by atoms with Crippen LogP contribution in [0.2, 0.25) is 0 Å². The number of aryl methyl sites for hydroxylation is 2. The van der Waals surface area contributed by atoms with E-state index in [0.717, 1.165) is 29.2 Å². The lowest BCUT2D eigenvalue weighted by Gasteiger charge is -2.18. The molecule has 2 atom stereocenters. The SMILES string of the molecule is COc1cc(CC2C=CC(=O)NP2)cc(Oc2cc(C)cc(C)c2)c1. The van der Waals surface area contributed by atoms with Gasteiger partial charge in [-0.1, -0.05) is 12.1 Å². The fourth-order valence-electron chi connectivity index (χ4n) is 2.88. The molecule has 0 aromatic heterocycles. The quantitative estimate of drug-likeness (QED) is 0.814. The summed E-state index contributed by atoms with van der Waals surface area (Å²) in [4.78, 5) is 11.2. The van der Waals surface area contributed by atoms with Crippen molar-refractivity contribution in [3.63, 3.8) is 0 Å². The molecule has 2 aromatic carbocycles. The fraction of sp³-hybridized carbons (Fsp3) is 0.250. The van der Waals surface area contributed by atoms with E-state index in [1.807, 2.05) is 36.4 Å². The molecule has 5 heteroatoms. The molecule has 0 spiro atoms. The number of ether oxygens (including phenoxy) is 2. The van der Waals surface area contributed by atoms with Gasteiger partial charge in [-0.05, 0) is 76.0 Å². The number of rotatable bonds is 5. The van der Waals surface area contributed by atoms with E-state index < -0.39 is 0 Å². The Morgan fingerprint density at radius 2 is 1.68 bits per heavy atom. The third-order valence-electron chi connectivity index (χ3n) is 3.92. The van der Waals surface area contributed by atoms with Crippen LogP contribution in [0.5, 0.6) is 17.2 Å². The summed E-state index contributed by atoms with van der Waals surface area (Å²) in [6.07, 6.45) is 4.41. The Morgan fingerprint density at radius 3 is 2.32 bits per heavy atom. The maximum Gasteiger partial charge on any atom is 0.246 e. The zero-order valence-electron chi connectivity index (χ0n) is 14.6. The van der Waals surface area contributed by atoms with Gasteiger partial charge in [0.2, 0.25) is 5.91 Å². The highest BCUT2D eigenvalue weighted by molar-refractivity contribution is 7.38. The minimum atomic E-state index is -0.0148. The first-order chi connectivity index (χ1) is 12.0. The monoisotopic (exact) mass is 355 g/mol. The van der Waals surface area contributed by atoms with Gasteiger partial charge < -0.3 is 14.6 Å². The van der Waals surface area contributed by atoms with Crippen LogP contribution in [-0.2, 0) is 11.2 Å². The Kier molecular flexibility index (Phi) is 5.40. The van der Waals surface area contributed by atoms with E-state index in [1.54, 1.807) is 13.2 Å². The molecule has 1 amide bonds. The van der Waals surface area contributed by atoms with E-state index in [1.165, 1.54) is 11.1 Å². The Labute approximate surface area is 150 Å². The lowest BCUT2D eigenvalue weighted by molar-refractivity contribution is -0.114. The summed E-state index contributed by atoms with van der Waals surface area (Å²) in [5, 5.41) is 2.89. The van der Waals surface area contributed by atoms with Crippen LogP contribution in [0.25, 0.3) is 0 Å². The van der Waals surface area contributed by atoms with Gasteiger partial charge in [0, 0.05) is 11.7 Å². The van der Waals surface area contributed by atoms with E-state index in [9.17, 15) is 4.79 Å². The van der Waals surface area contributed by atoms with E-state index in [4.69, 9.17) is 9.47 Å². The number of amides is 1. The second kappa shape index (κ2) is 7.71. The molecule has 3 rings (SSSR count). The Bertz CT molecular complexity index is 796. The molecular formula is C20H22NO3P. The molecule has 0 bridgehead atoms. The van der Waals surface area contributed by atoms with Crippen LogP contribution in [0.3, 0.4) is 0 Å². The molecule has 1 aliphatic rings. The zero-order valence-corrected chi connectivity index (χ0v) is 15.6. The molecule has 0 aliphatic carbocycles. The molecule has 2 aromatic rings. The summed E-state index contributed by atoms with van der Waals surface area (Å²) in [6, 6.07) is 12.1. The van der Waals surface area contributed by atoms with Crippen molar-refractivity contribution in [1.29, 1.82) is 0 Å². The van der Waals surface area contributed by atoms with Crippen molar-refractivity contribution in [1.82, 2.24) is 5.09 Å².